The van der Waals surface area contributed by atoms with E-state index in [9.17, 15) is 19.7 Å². The van der Waals surface area contributed by atoms with E-state index in [1.807, 2.05) is 0 Å². The van der Waals surface area contributed by atoms with Crippen LogP contribution in [0.3, 0.4) is 0 Å². The van der Waals surface area contributed by atoms with Gasteiger partial charge >= 0.3 is 5.97 Å². The van der Waals surface area contributed by atoms with Crippen molar-refractivity contribution in [3.8, 4) is 0 Å². The lowest BCUT2D eigenvalue weighted by atomic mass is 9.96. The van der Waals surface area contributed by atoms with Crippen LogP contribution < -0.4 is 0 Å². The molecule has 0 spiro atoms. The van der Waals surface area contributed by atoms with Crippen LogP contribution in [0.5, 0.6) is 0 Å². The summed E-state index contributed by atoms with van der Waals surface area (Å²) in [6.45, 7) is 1.50. The number of nitrogens with zero attached hydrogens (tertiary/aromatic N) is 1. The van der Waals surface area contributed by atoms with Gasteiger partial charge in [0, 0.05) is 18.1 Å². The molecule has 1 aromatic rings. The molecule has 0 aromatic heterocycles. The first-order valence-electron chi connectivity index (χ1n) is 6.48. The summed E-state index contributed by atoms with van der Waals surface area (Å²) in [5.41, 5.74) is 0.262. The van der Waals surface area contributed by atoms with Crippen LogP contribution in [0.25, 0.3) is 0 Å². The fourth-order valence-corrected chi connectivity index (χ4v) is 2.31. The average molecular weight is 277 g/mol. The number of benzene rings is 1. The minimum absolute atomic E-state index is 0.0762. The van der Waals surface area contributed by atoms with Crippen LogP contribution >= 0.6 is 0 Å². The summed E-state index contributed by atoms with van der Waals surface area (Å²) < 4.78 is 5.19. The van der Waals surface area contributed by atoms with Crippen molar-refractivity contribution in [1.29, 1.82) is 0 Å². The summed E-state index contributed by atoms with van der Waals surface area (Å²) in [6, 6.07) is 4.24. The number of nitro groups is 1. The number of hydrogen-bond donors (Lipinski definition) is 0. The van der Waals surface area contributed by atoms with Crippen molar-refractivity contribution in [2.45, 2.75) is 38.7 Å². The maximum Gasteiger partial charge on any atom is 0.339 e. The van der Waals surface area contributed by atoms with Crippen molar-refractivity contribution in [2.75, 3.05) is 0 Å². The highest BCUT2D eigenvalue weighted by Crippen LogP contribution is 2.24. The van der Waals surface area contributed by atoms with Gasteiger partial charge < -0.3 is 4.74 Å². The summed E-state index contributed by atoms with van der Waals surface area (Å²) in [7, 11) is 0. The lowest BCUT2D eigenvalue weighted by molar-refractivity contribution is -0.385. The Kier molecular flexibility index (Phi) is 4.12. The number of esters is 1. The normalized spacial score (nSPS) is 18.6. The SMILES string of the molecule is Cc1c(C(=O)O[C@@H]2CCCCC2=O)cccc1[N+](=O)[O-]. The number of rotatable bonds is 3. The molecule has 6 heteroatoms. The molecule has 1 aromatic carbocycles. The number of Topliss-reactive ketones (excluding diaryl/α,β-unsaturated/α-hetero) is 1. The first-order valence-corrected chi connectivity index (χ1v) is 6.48. The van der Waals surface area contributed by atoms with E-state index in [0.29, 0.717) is 12.8 Å². The first-order chi connectivity index (χ1) is 9.50. The molecular formula is C14H15NO5. The van der Waals surface area contributed by atoms with Crippen LogP contribution in [0.15, 0.2) is 18.2 Å². The first kappa shape index (κ1) is 14.2. The number of ketones is 1. The number of ether oxygens (including phenoxy) is 1. The van der Waals surface area contributed by atoms with E-state index in [1.165, 1.54) is 25.1 Å². The van der Waals surface area contributed by atoms with Gasteiger partial charge in [0.05, 0.1) is 10.5 Å². The van der Waals surface area contributed by atoms with Gasteiger partial charge in [-0.15, -0.1) is 0 Å². The molecule has 0 saturated heterocycles. The van der Waals surface area contributed by atoms with Gasteiger partial charge in [0.1, 0.15) is 0 Å². The molecule has 1 aliphatic rings. The van der Waals surface area contributed by atoms with Crippen molar-refractivity contribution in [3.05, 3.63) is 39.4 Å². The fourth-order valence-electron chi connectivity index (χ4n) is 2.31. The minimum atomic E-state index is -0.713. The summed E-state index contributed by atoms with van der Waals surface area (Å²) in [5, 5.41) is 10.8. The second-order valence-electron chi connectivity index (χ2n) is 4.81. The highest BCUT2D eigenvalue weighted by atomic mass is 16.6. The second kappa shape index (κ2) is 5.81. The van der Waals surface area contributed by atoms with Gasteiger partial charge in [0.2, 0.25) is 0 Å². The Balaban J connectivity index is 2.19. The van der Waals surface area contributed by atoms with Crippen LogP contribution in [-0.4, -0.2) is 22.8 Å². The van der Waals surface area contributed by atoms with E-state index in [4.69, 9.17) is 4.74 Å². The quantitative estimate of drug-likeness (QED) is 0.481. The van der Waals surface area contributed by atoms with Gasteiger partial charge in [-0.25, -0.2) is 4.79 Å². The molecule has 106 valence electrons. The Labute approximate surface area is 115 Å². The average Bonchev–Trinajstić information content (AvgIpc) is 2.41. The molecular weight excluding hydrogens is 262 g/mol. The zero-order valence-electron chi connectivity index (χ0n) is 11.1. The van der Waals surface area contributed by atoms with Crippen molar-refractivity contribution in [1.82, 2.24) is 0 Å². The highest BCUT2D eigenvalue weighted by Gasteiger charge is 2.27. The molecule has 0 bridgehead atoms. The minimum Gasteiger partial charge on any atom is -0.451 e. The maximum absolute atomic E-state index is 12.1. The monoisotopic (exact) mass is 277 g/mol. The highest BCUT2D eigenvalue weighted by molar-refractivity contribution is 5.95. The van der Waals surface area contributed by atoms with Gasteiger partial charge in [-0.05, 0) is 32.3 Å². The molecule has 0 N–H and O–H groups in total. The standard InChI is InChI=1S/C14H15NO5/c1-9-10(5-4-6-11(9)15(18)19)14(17)20-13-8-3-2-7-12(13)16/h4-6,13H,2-3,7-8H2,1H3/t13-/m1/s1. The molecule has 2 rings (SSSR count). The third kappa shape index (κ3) is 2.84. The van der Waals surface area contributed by atoms with Crippen LogP contribution in [0.1, 0.15) is 41.6 Å². The van der Waals surface area contributed by atoms with E-state index in [2.05, 4.69) is 0 Å². The molecule has 0 radical (unpaired) electrons. The van der Waals surface area contributed by atoms with Crippen LogP contribution in [0, 0.1) is 17.0 Å². The third-order valence-corrected chi connectivity index (χ3v) is 3.47. The van der Waals surface area contributed by atoms with Crippen LogP contribution in [0.4, 0.5) is 5.69 Å². The predicted octanol–water partition coefficient (Wildman–Crippen LogP) is 2.57. The Morgan fingerprint density at radius 1 is 1.40 bits per heavy atom. The fraction of sp³-hybridized carbons (Fsp3) is 0.429. The number of carbonyl (C=O) groups is 2. The third-order valence-electron chi connectivity index (χ3n) is 3.47. The van der Waals surface area contributed by atoms with Gasteiger partial charge in [-0.1, -0.05) is 6.07 Å². The van der Waals surface area contributed by atoms with Gasteiger partial charge in [0.15, 0.2) is 11.9 Å². The van der Waals surface area contributed by atoms with Crippen molar-refractivity contribution in [2.24, 2.45) is 0 Å². The van der Waals surface area contributed by atoms with Crippen molar-refractivity contribution < 1.29 is 19.2 Å². The zero-order valence-corrected chi connectivity index (χ0v) is 11.1. The van der Waals surface area contributed by atoms with Crippen LogP contribution in [0.2, 0.25) is 0 Å². The lowest BCUT2D eigenvalue weighted by Gasteiger charge is -2.20. The van der Waals surface area contributed by atoms with Crippen molar-refractivity contribution in [3.63, 3.8) is 0 Å². The number of hydrogen-bond acceptors (Lipinski definition) is 5. The summed E-state index contributed by atoms with van der Waals surface area (Å²) in [5.74, 6) is -0.751. The van der Waals surface area contributed by atoms with E-state index in [0.717, 1.165) is 12.8 Å². The Morgan fingerprint density at radius 2 is 2.15 bits per heavy atom. The Hall–Kier alpha value is -2.24. The van der Waals surface area contributed by atoms with E-state index < -0.39 is 17.0 Å². The van der Waals surface area contributed by atoms with E-state index in [1.54, 1.807) is 0 Å². The van der Waals surface area contributed by atoms with E-state index >= 15 is 0 Å². The van der Waals surface area contributed by atoms with Gasteiger partial charge in [-0.3, -0.25) is 14.9 Å². The molecule has 1 fully saturated rings. The van der Waals surface area contributed by atoms with Gasteiger partial charge in [0.25, 0.3) is 5.69 Å². The summed E-state index contributed by atoms with van der Waals surface area (Å²) in [6.07, 6.45) is 1.90. The second-order valence-corrected chi connectivity index (χ2v) is 4.81. The molecule has 0 amide bonds. The maximum atomic E-state index is 12.1. The van der Waals surface area contributed by atoms with Gasteiger partial charge in [-0.2, -0.15) is 0 Å². The smallest absolute Gasteiger partial charge is 0.339 e. The topological polar surface area (TPSA) is 86.5 Å². The number of nitro benzene ring substituents is 1. The van der Waals surface area contributed by atoms with Crippen LogP contribution in [-0.2, 0) is 9.53 Å². The van der Waals surface area contributed by atoms with E-state index in [-0.39, 0.29) is 22.6 Å². The molecule has 0 unspecified atom stereocenters. The zero-order chi connectivity index (χ0) is 14.7. The largest absolute Gasteiger partial charge is 0.451 e. The Bertz CT molecular complexity index is 567. The predicted molar refractivity (Wildman–Crippen MR) is 70.5 cm³/mol. The summed E-state index contributed by atoms with van der Waals surface area (Å²) in [4.78, 5) is 34.0. The number of carbonyl (C=O) groups excluding carboxylic acids is 2. The Morgan fingerprint density at radius 3 is 2.80 bits per heavy atom. The molecule has 1 atom stereocenters. The molecule has 1 saturated carbocycles. The molecule has 1 aliphatic carbocycles. The molecule has 6 nitrogen and oxygen atoms in total. The molecule has 0 aliphatic heterocycles. The lowest BCUT2D eigenvalue weighted by Crippen LogP contribution is -2.30. The summed E-state index contributed by atoms with van der Waals surface area (Å²) >= 11 is 0. The molecule has 20 heavy (non-hydrogen) atoms. The molecule has 0 heterocycles. The van der Waals surface area contributed by atoms with Crippen molar-refractivity contribution >= 4 is 17.4 Å².